The van der Waals surface area contributed by atoms with Crippen molar-refractivity contribution in [3.05, 3.63) is 34.5 Å². The lowest BCUT2D eigenvalue weighted by atomic mass is 9.76. The minimum Gasteiger partial charge on any atom is -0.469 e. The average Bonchev–Trinajstić information content (AvgIpc) is 2.98. The Bertz CT molecular complexity index is 1090. The Labute approximate surface area is 157 Å². The average molecular weight is 387 g/mol. The fourth-order valence-electron chi connectivity index (χ4n) is 3.95. The number of aryl methyl sites for hydroxylation is 2. The highest BCUT2D eigenvalue weighted by Gasteiger charge is 2.36. The van der Waals surface area contributed by atoms with Gasteiger partial charge in [0.25, 0.3) is 0 Å². The predicted octanol–water partition coefficient (Wildman–Crippen LogP) is 2.18. The normalized spacial score (nSPS) is 20.1. The van der Waals surface area contributed by atoms with Gasteiger partial charge in [0.15, 0.2) is 9.92 Å². The molecule has 1 atom stereocenters. The van der Waals surface area contributed by atoms with Crippen LogP contribution in [0.4, 0.5) is 10.5 Å². The van der Waals surface area contributed by atoms with E-state index in [1.54, 1.807) is 4.68 Å². The first-order valence-corrected chi connectivity index (χ1v) is 10.6. The van der Waals surface area contributed by atoms with E-state index in [4.69, 9.17) is 9.88 Å². The fraction of sp³-hybridized carbons (Fsp3) is 0.444. The number of benzene rings is 1. The largest absolute Gasteiger partial charge is 0.469 e. The number of nitrogens with two attached hydrogens (primary N) is 1. The van der Waals surface area contributed by atoms with E-state index in [1.165, 1.54) is 17.3 Å². The first-order valence-electron chi connectivity index (χ1n) is 9.01. The van der Waals surface area contributed by atoms with Crippen LogP contribution in [-0.2, 0) is 42.1 Å². The molecule has 8 nitrogen and oxygen atoms in total. The number of aromatic nitrogens is 2. The molecule has 0 unspecified atom stereocenters. The summed E-state index contributed by atoms with van der Waals surface area (Å²) in [6, 6.07) is 1.53. The molecule has 27 heavy (non-hydrogen) atoms. The Hall–Kier alpha value is -2.39. The molecule has 142 valence electrons. The van der Waals surface area contributed by atoms with Crippen LogP contribution in [0.25, 0.3) is 0 Å². The first kappa shape index (κ1) is 16.8. The van der Waals surface area contributed by atoms with Crippen LogP contribution in [0.5, 0.6) is 5.88 Å². The number of fused-ring (bicyclic) bond motifs is 3. The smallest absolute Gasteiger partial charge is 0.354 e. The van der Waals surface area contributed by atoms with Crippen molar-refractivity contribution in [1.82, 2.24) is 9.78 Å². The van der Waals surface area contributed by atoms with Crippen LogP contribution in [0, 0.1) is 0 Å². The van der Waals surface area contributed by atoms with Crippen LogP contribution >= 0.6 is 0 Å². The molecule has 0 saturated heterocycles. The number of hydrogen-bond donors (Lipinski definition) is 2. The Balaban J connectivity index is 1.46. The Morgan fingerprint density at radius 3 is 2.56 bits per heavy atom. The second-order valence-corrected chi connectivity index (χ2v) is 9.71. The number of ether oxygens (including phenoxy) is 1. The second kappa shape index (κ2) is 5.32. The minimum absolute atomic E-state index is 0.150. The Kier molecular flexibility index (Phi) is 3.31. The Morgan fingerprint density at radius 1 is 1.30 bits per heavy atom. The molecule has 0 fully saturated rings. The summed E-state index contributed by atoms with van der Waals surface area (Å²) in [5, 5.41) is 12.9. The topological polar surface area (TPSA) is 112 Å². The quantitative estimate of drug-likeness (QED) is 0.822. The van der Waals surface area contributed by atoms with Gasteiger partial charge in [-0.1, -0.05) is 6.07 Å². The zero-order chi connectivity index (χ0) is 19.0. The predicted molar refractivity (Wildman–Crippen MR) is 100 cm³/mol. The highest BCUT2D eigenvalue weighted by molar-refractivity contribution is 7.91. The van der Waals surface area contributed by atoms with Crippen LogP contribution in [0.1, 0.15) is 36.1 Å². The van der Waals surface area contributed by atoms with Crippen LogP contribution in [0.2, 0.25) is 0 Å². The van der Waals surface area contributed by atoms with Crippen molar-refractivity contribution in [1.29, 1.82) is 0 Å². The van der Waals surface area contributed by atoms with Gasteiger partial charge in [-0.15, -0.1) is 4.36 Å². The van der Waals surface area contributed by atoms with Crippen molar-refractivity contribution in [3.8, 4) is 5.88 Å². The van der Waals surface area contributed by atoms with E-state index in [0.717, 1.165) is 42.5 Å². The molecule has 3 aliphatic rings. The number of carbonyl (C=O) groups excluding carboxylic acids is 1. The molecule has 1 aromatic heterocycles. The maximum atomic E-state index is 13.0. The van der Waals surface area contributed by atoms with E-state index in [2.05, 4.69) is 20.8 Å². The van der Waals surface area contributed by atoms with Crippen molar-refractivity contribution in [2.45, 2.75) is 56.6 Å². The summed E-state index contributed by atoms with van der Waals surface area (Å²) < 4.78 is 24.1. The maximum Gasteiger partial charge on any atom is 0.354 e. The fourth-order valence-corrected chi connectivity index (χ4v) is 4.94. The molecule has 0 spiro atoms. The number of carbonyl (C=O) groups is 1. The molecule has 0 radical (unpaired) electrons. The molecule has 2 heterocycles. The van der Waals surface area contributed by atoms with E-state index in [1.807, 2.05) is 13.8 Å². The minimum atomic E-state index is -3.47. The van der Waals surface area contributed by atoms with Crippen molar-refractivity contribution in [3.63, 3.8) is 0 Å². The van der Waals surface area contributed by atoms with E-state index < -0.39 is 21.5 Å². The van der Waals surface area contributed by atoms with Gasteiger partial charge in [-0.25, -0.2) is 18.8 Å². The number of hydrogen-bond acceptors (Lipinski definition) is 4. The summed E-state index contributed by atoms with van der Waals surface area (Å²) >= 11 is 0. The Morgan fingerprint density at radius 2 is 1.96 bits per heavy atom. The van der Waals surface area contributed by atoms with Gasteiger partial charge in [-0.05, 0) is 61.8 Å². The van der Waals surface area contributed by atoms with Gasteiger partial charge in [0.1, 0.15) is 10.5 Å². The third kappa shape index (κ3) is 2.56. The van der Waals surface area contributed by atoms with Crippen molar-refractivity contribution in [2.75, 3.05) is 5.32 Å². The van der Waals surface area contributed by atoms with Gasteiger partial charge in [-0.3, -0.25) is 0 Å². The number of nitrogens with one attached hydrogen (secondary N) is 1. The monoisotopic (exact) mass is 387 g/mol. The van der Waals surface area contributed by atoms with Gasteiger partial charge in [0.05, 0.1) is 12.7 Å². The lowest BCUT2D eigenvalue weighted by Gasteiger charge is -2.31. The molecular weight excluding hydrogens is 366 g/mol. The maximum absolute atomic E-state index is 13.0. The number of nitrogens with zero attached hydrogens (tertiary/aromatic N) is 3. The molecule has 1 aliphatic heterocycles. The van der Waals surface area contributed by atoms with E-state index >= 15 is 0 Å². The van der Waals surface area contributed by atoms with E-state index in [-0.39, 0.29) is 4.90 Å². The number of amides is 2. The summed E-state index contributed by atoms with van der Waals surface area (Å²) in [7, 11) is -3.47. The highest BCUT2D eigenvalue weighted by Crippen LogP contribution is 2.41. The summed E-state index contributed by atoms with van der Waals surface area (Å²) in [6.45, 7) is 4.32. The van der Waals surface area contributed by atoms with E-state index in [0.29, 0.717) is 12.4 Å². The summed E-state index contributed by atoms with van der Waals surface area (Å²) in [5.74, 6) is 0.317. The summed E-state index contributed by atoms with van der Waals surface area (Å²) in [4.78, 5) is 12.7. The van der Waals surface area contributed by atoms with Crippen LogP contribution in [-0.4, -0.2) is 25.6 Å². The number of anilines is 1. The van der Waals surface area contributed by atoms with Gasteiger partial charge < -0.3 is 10.1 Å². The molecule has 5 rings (SSSR count). The lowest BCUT2D eigenvalue weighted by molar-refractivity contribution is 0.132. The van der Waals surface area contributed by atoms with Crippen molar-refractivity contribution >= 4 is 21.6 Å². The van der Waals surface area contributed by atoms with E-state index in [9.17, 15) is 9.00 Å². The lowest BCUT2D eigenvalue weighted by Crippen LogP contribution is -2.27. The first-order chi connectivity index (χ1) is 12.7. The van der Waals surface area contributed by atoms with Crippen LogP contribution in [0.15, 0.2) is 21.5 Å². The zero-order valence-electron chi connectivity index (χ0n) is 15.2. The zero-order valence-corrected chi connectivity index (χ0v) is 16.1. The van der Waals surface area contributed by atoms with Gasteiger partial charge in [0.2, 0.25) is 5.88 Å². The van der Waals surface area contributed by atoms with Gasteiger partial charge in [-0.2, -0.15) is 5.10 Å². The standard InChI is InChI=1S/C18H21N5O3S/c1-18(2)9-23-16(26-18)14(8-20-23)27(19,25)22-17(24)21-15-12-5-3-10(12)7-11-4-6-13(11)15/h7-8H,3-6,9H2,1-2H3,(H3,19,21,22,24,25)/t27-/m0/s1. The molecule has 9 heteroatoms. The molecule has 2 aromatic rings. The number of rotatable bonds is 2. The molecular formula is C18H21N5O3S. The number of urea groups is 1. The van der Waals surface area contributed by atoms with Gasteiger partial charge in [0, 0.05) is 5.69 Å². The summed E-state index contributed by atoms with van der Waals surface area (Å²) in [6.07, 6.45) is 5.31. The van der Waals surface area contributed by atoms with Crippen LogP contribution in [0.3, 0.4) is 0 Å². The molecule has 0 saturated carbocycles. The molecule has 2 aliphatic carbocycles. The van der Waals surface area contributed by atoms with Gasteiger partial charge >= 0.3 is 6.03 Å². The third-order valence-corrected chi connectivity index (χ3v) is 6.79. The molecule has 1 aromatic carbocycles. The van der Waals surface area contributed by atoms with Crippen molar-refractivity contribution < 1.29 is 13.7 Å². The molecule has 3 N–H and O–H groups in total. The third-order valence-electron chi connectivity index (χ3n) is 5.44. The highest BCUT2D eigenvalue weighted by atomic mass is 32.2. The second-order valence-electron chi connectivity index (χ2n) is 7.95. The summed E-state index contributed by atoms with van der Waals surface area (Å²) in [5.41, 5.74) is 5.25. The molecule has 0 bridgehead atoms. The molecule has 2 amide bonds. The SMILES string of the molecule is CC1(C)Cn2ncc([S@@](N)(=O)=NC(=O)Nc3c4c(cc5c3CC5)CC4)c2O1. The van der Waals surface area contributed by atoms with Crippen molar-refractivity contribution in [2.24, 2.45) is 9.50 Å². The van der Waals surface area contributed by atoms with Crippen LogP contribution < -0.4 is 15.2 Å².